The molecule has 23 heavy (non-hydrogen) atoms. The first-order valence-electron chi connectivity index (χ1n) is 7.05. The van der Waals surface area contributed by atoms with Gasteiger partial charge in [-0.25, -0.2) is 0 Å². The van der Waals surface area contributed by atoms with E-state index >= 15 is 0 Å². The maximum atomic E-state index is 12.3. The number of hydrogen-bond donors (Lipinski definition) is 1. The van der Waals surface area contributed by atoms with E-state index in [0.717, 1.165) is 11.3 Å². The molecule has 0 spiro atoms. The fourth-order valence-electron chi connectivity index (χ4n) is 2.46. The predicted octanol–water partition coefficient (Wildman–Crippen LogP) is 3.44. The summed E-state index contributed by atoms with van der Waals surface area (Å²) in [6.45, 7) is 0. The molecule has 0 unspecified atom stereocenters. The minimum absolute atomic E-state index is 0.184. The van der Waals surface area contributed by atoms with Gasteiger partial charge in [-0.15, -0.1) is 0 Å². The molecular weight excluding hydrogens is 292 g/mol. The van der Waals surface area contributed by atoms with Gasteiger partial charge in [0.1, 0.15) is 17.1 Å². The van der Waals surface area contributed by atoms with Crippen LogP contribution in [0.15, 0.2) is 60.2 Å². The van der Waals surface area contributed by atoms with Crippen LogP contribution in [0.2, 0.25) is 0 Å². The number of benzene rings is 2. The van der Waals surface area contributed by atoms with Crippen LogP contribution < -0.4 is 4.74 Å². The van der Waals surface area contributed by atoms with Crippen LogP contribution in [0.5, 0.6) is 5.75 Å². The second-order valence-electron chi connectivity index (χ2n) is 5.07. The fourth-order valence-corrected chi connectivity index (χ4v) is 2.46. The molecule has 0 saturated heterocycles. The summed E-state index contributed by atoms with van der Waals surface area (Å²) in [5.41, 5.74) is 1.36. The molecule has 2 aromatic rings. The Morgan fingerprint density at radius 2 is 1.70 bits per heavy atom. The first-order chi connectivity index (χ1) is 11.1. The van der Waals surface area contributed by atoms with E-state index in [1.165, 1.54) is 6.08 Å². The van der Waals surface area contributed by atoms with Crippen molar-refractivity contribution in [3.8, 4) is 5.75 Å². The van der Waals surface area contributed by atoms with E-state index in [1.807, 2.05) is 0 Å². The predicted molar refractivity (Wildman–Crippen MR) is 87.4 cm³/mol. The van der Waals surface area contributed by atoms with Crippen LogP contribution in [-0.2, 0) is 4.79 Å². The topological polar surface area (TPSA) is 63.6 Å². The molecule has 0 bridgehead atoms. The molecule has 1 aliphatic carbocycles. The number of Topliss-reactive ketones (excluding diaryl/α,β-unsaturated/α-hetero) is 1. The molecule has 0 heterocycles. The highest BCUT2D eigenvalue weighted by molar-refractivity contribution is 6.36. The third kappa shape index (κ3) is 2.66. The largest absolute Gasteiger partial charge is 0.506 e. The molecule has 0 aliphatic heterocycles. The second-order valence-corrected chi connectivity index (χ2v) is 5.07. The van der Waals surface area contributed by atoms with E-state index in [-0.39, 0.29) is 11.3 Å². The zero-order valence-electron chi connectivity index (χ0n) is 12.4. The Kier molecular flexibility index (Phi) is 3.81. The number of aliphatic hydroxyl groups is 1. The molecule has 1 aliphatic rings. The average molecular weight is 306 g/mol. The molecule has 114 valence electrons. The van der Waals surface area contributed by atoms with Crippen LogP contribution in [0.3, 0.4) is 0 Å². The van der Waals surface area contributed by atoms with Crippen LogP contribution in [0.4, 0.5) is 0 Å². The van der Waals surface area contributed by atoms with Crippen molar-refractivity contribution in [2.75, 3.05) is 7.11 Å². The summed E-state index contributed by atoms with van der Waals surface area (Å²) in [4.78, 5) is 24.5. The van der Waals surface area contributed by atoms with Gasteiger partial charge in [-0.1, -0.05) is 42.5 Å². The van der Waals surface area contributed by atoms with Crippen LogP contribution in [0, 0.1) is 0 Å². The number of rotatable bonds is 4. The Hall–Kier alpha value is -3.14. The number of ketones is 2. The summed E-state index contributed by atoms with van der Waals surface area (Å²) in [6.07, 6.45) is 2.88. The summed E-state index contributed by atoms with van der Waals surface area (Å²) >= 11 is 0. The molecule has 3 rings (SSSR count). The normalized spacial score (nSPS) is 13.5. The van der Waals surface area contributed by atoms with Gasteiger partial charge in [0.15, 0.2) is 5.78 Å². The van der Waals surface area contributed by atoms with Gasteiger partial charge in [0.25, 0.3) is 0 Å². The van der Waals surface area contributed by atoms with E-state index in [2.05, 4.69) is 0 Å². The fraction of sp³-hybridized carbons (Fsp3) is 0.0526. The average Bonchev–Trinajstić information content (AvgIpc) is 2.85. The van der Waals surface area contributed by atoms with Crippen molar-refractivity contribution < 1.29 is 19.4 Å². The molecule has 0 amide bonds. The lowest BCUT2D eigenvalue weighted by Crippen LogP contribution is -2.08. The number of carbonyl (C=O) groups is 2. The molecule has 4 heteroatoms. The standard InChI is InChI=1S/C19H14O4/c1-23-13-9-6-12(7-10-13)8-11-16(20)17-18(21)14-4-2-3-5-15(14)19(17)22/h2-11,21H,1H3/b11-8+. The molecule has 0 aromatic heterocycles. The first-order valence-corrected chi connectivity index (χ1v) is 7.05. The molecule has 2 aromatic carbocycles. The lowest BCUT2D eigenvalue weighted by molar-refractivity contribution is -0.110. The second kappa shape index (κ2) is 5.93. The van der Waals surface area contributed by atoms with Crippen LogP contribution in [-0.4, -0.2) is 23.8 Å². The summed E-state index contributed by atoms with van der Waals surface area (Å²) in [5, 5.41) is 10.1. The molecular formula is C19H14O4. The maximum absolute atomic E-state index is 12.3. The molecule has 1 N–H and O–H groups in total. The molecule has 0 saturated carbocycles. The van der Waals surface area contributed by atoms with Gasteiger partial charge >= 0.3 is 0 Å². The minimum Gasteiger partial charge on any atom is -0.506 e. The highest BCUT2D eigenvalue weighted by atomic mass is 16.5. The van der Waals surface area contributed by atoms with E-state index in [9.17, 15) is 14.7 Å². The Labute approximate surface area is 133 Å². The Bertz CT molecular complexity index is 842. The van der Waals surface area contributed by atoms with Crippen LogP contribution >= 0.6 is 0 Å². The Balaban J connectivity index is 1.85. The summed E-state index contributed by atoms with van der Waals surface area (Å²) in [7, 11) is 1.58. The van der Waals surface area contributed by atoms with Crippen molar-refractivity contribution in [1.29, 1.82) is 0 Å². The van der Waals surface area contributed by atoms with E-state index in [1.54, 1.807) is 61.7 Å². The monoisotopic (exact) mass is 306 g/mol. The van der Waals surface area contributed by atoms with Gasteiger partial charge in [0.2, 0.25) is 5.78 Å². The van der Waals surface area contributed by atoms with Crippen molar-refractivity contribution in [1.82, 2.24) is 0 Å². The summed E-state index contributed by atoms with van der Waals surface area (Å²) in [6, 6.07) is 13.8. The number of allylic oxidation sites excluding steroid dienone is 2. The highest BCUT2D eigenvalue weighted by Crippen LogP contribution is 2.31. The first kappa shape index (κ1) is 14.8. The molecule has 4 nitrogen and oxygen atoms in total. The third-order valence-corrected chi connectivity index (χ3v) is 3.68. The number of fused-ring (bicyclic) bond motifs is 1. The summed E-state index contributed by atoms with van der Waals surface area (Å²) < 4.78 is 5.06. The Morgan fingerprint density at radius 1 is 1.04 bits per heavy atom. The minimum atomic E-state index is -0.514. The van der Waals surface area contributed by atoms with Crippen LogP contribution in [0.1, 0.15) is 21.5 Å². The van der Waals surface area contributed by atoms with Crippen molar-refractivity contribution in [3.05, 3.63) is 76.9 Å². The SMILES string of the molecule is COc1ccc(/C=C/C(=O)C2=C(O)c3ccccc3C2=O)cc1. The number of ether oxygens (including phenoxy) is 1. The van der Waals surface area contributed by atoms with E-state index < -0.39 is 11.6 Å². The van der Waals surface area contributed by atoms with Crippen molar-refractivity contribution in [2.45, 2.75) is 0 Å². The lowest BCUT2D eigenvalue weighted by atomic mass is 10.1. The highest BCUT2D eigenvalue weighted by Gasteiger charge is 2.32. The van der Waals surface area contributed by atoms with Gasteiger partial charge in [0.05, 0.1) is 7.11 Å². The summed E-state index contributed by atoms with van der Waals surface area (Å²) in [5.74, 6) is -0.493. The Morgan fingerprint density at radius 3 is 2.30 bits per heavy atom. The van der Waals surface area contributed by atoms with Crippen LogP contribution in [0.25, 0.3) is 11.8 Å². The molecule has 0 atom stereocenters. The molecule has 0 radical (unpaired) electrons. The van der Waals surface area contributed by atoms with Crippen molar-refractivity contribution in [3.63, 3.8) is 0 Å². The number of methoxy groups -OCH3 is 1. The van der Waals surface area contributed by atoms with Gasteiger partial charge in [-0.2, -0.15) is 0 Å². The lowest BCUT2D eigenvalue weighted by Gasteiger charge is -1.99. The van der Waals surface area contributed by atoms with E-state index in [0.29, 0.717) is 11.1 Å². The van der Waals surface area contributed by atoms with Gasteiger partial charge in [-0.05, 0) is 23.8 Å². The quantitative estimate of drug-likeness (QED) is 0.694. The smallest absolute Gasteiger partial charge is 0.201 e. The van der Waals surface area contributed by atoms with Gasteiger partial charge in [-0.3, -0.25) is 9.59 Å². The van der Waals surface area contributed by atoms with Crippen molar-refractivity contribution >= 4 is 23.4 Å². The zero-order valence-corrected chi connectivity index (χ0v) is 12.4. The molecule has 0 fully saturated rings. The van der Waals surface area contributed by atoms with E-state index in [4.69, 9.17) is 4.74 Å². The van der Waals surface area contributed by atoms with Gasteiger partial charge < -0.3 is 9.84 Å². The number of carbonyl (C=O) groups excluding carboxylic acids is 2. The number of aliphatic hydroxyl groups excluding tert-OH is 1. The number of hydrogen-bond acceptors (Lipinski definition) is 4. The third-order valence-electron chi connectivity index (χ3n) is 3.68. The van der Waals surface area contributed by atoms with Crippen molar-refractivity contribution in [2.24, 2.45) is 0 Å². The van der Waals surface area contributed by atoms with Gasteiger partial charge in [0, 0.05) is 11.1 Å². The zero-order chi connectivity index (χ0) is 16.4. The maximum Gasteiger partial charge on any atom is 0.201 e.